The van der Waals surface area contributed by atoms with Gasteiger partial charge in [0.25, 0.3) is 0 Å². The van der Waals surface area contributed by atoms with Gasteiger partial charge in [-0.2, -0.15) is 4.37 Å². The third-order valence-corrected chi connectivity index (χ3v) is 4.37. The number of nitrogens with zero attached hydrogens (tertiary/aromatic N) is 2. The molecule has 3 nitrogen and oxygen atoms in total. The Kier molecular flexibility index (Phi) is 3.78. The molecule has 5 heteroatoms. The molecule has 1 atom stereocenters. The number of rotatable bonds is 4. The van der Waals surface area contributed by atoms with Gasteiger partial charge in [-0.15, -0.1) is 0 Å². The molecule has 78 valence electrons. The molecular formula is C9H15N3S2. The summed E-state index contributed by atoms with van der Waals surface area (Å²) in [5.41, 5.74) is 0. The monoisotopic (exact) mass is 229 g/mol. The van der Waals surface area contributed by atoms with Crippen molar-refractivity contribution in [2.24, 2.45) is 0 Å². The highest BCUT2D eigenvalue weighted by molar-refractivity contribution is 8.00. The highest BCUT2D eigenvalue weighted by atomic mass is 32.2. The van der Waals surface area contributed by atoms with Crippen molar-refractivity contribution in [1.29, 1.82) is 0 Å². The second kappa shape index (κ2) is 5.09. The lowest BCUT2D eigenvalue weighted by atomic mass is 10.3. The molecule has 0 amide bonds. The van der Waals surface area contributed by atoms with E-state index in [1.54, 1.807) is 0 Å². The highest BCUT2D eigenvalue weighted by Crippen LogP contribution is 2.23. The van der Waals surface area contributed by atoms with Gasteiger partial charge in [-0.25, -0.2) is 4.98 Å². The highest BCUT2D eigenvalue weighted by Gasteiger charge is 2.14. The number of hydrogen-bond acceptors (Lipinski definition) is 5. The number of nitrogens with one attached hydrogen (secondary N) is 1. The summed E-state index contributed by atoms with van der Waals surface area (Å²) in [5, 5.41) is 3.48. The molecule has 2 rings (SSSR count). The fraction of sp³-hybridized carbons (Fsp3) is 0.778. The quantitative estimate of drug-likeness (QED) is 0.801. The van der Waals surface area contributed by atoms with Crippen LogP contribution in [0, 0.1) is 0 Å². The first-order valence-corrected chi connectivity index (χ1v) is 6.83. The van der Waals surface area contributed by atoms with Crippen LogP contribution in [0.4, 0.5) is 0 Å². The minimum atomic E-state index is 0.689. The number of hydrogen-bond donors (Lipinski definition) is 1. The maximum atomic E-state index is 4.43. The maximum absolute atomic E-state index is 4.43. The van der Waals surface area contributed by atoms with Gasteiger partial charge >= 0.3 is 0 Å². The maximum Gasteiger partial charge on any atom is 0.170 e. The van der Waals surface area contributed by atoms with Gasteiger partial charge in [0.05, 0.1) is 0 Å². The van der Waals surface area contributed by atoms with Crippen molar-refractivity contribution >= 4 is 23.3 Å². The summed E-state index contributed by atoms with van der Waals surface area (Å²) in [5.74, 6) is 2.12. The molecular weight excluding hydrogens is 214 g/mol. The van der Waals surface area contributed by atoms with E-state index in [9.17, 15) is 0 Å². The average Bonchev–Trinajstić information content (AvgIpc) is 2.86. The van der Waals surface area contributed by atoms with Crippen molar-refractivity contribution in [2.75, 3.05) is 12.3 Å². The molecule has 2 heterocycles. The summed E-state index contributed by atoms with van der Waals surface area (Å²) in [6.07, 6.45) is 3.58. The summed E-state index contributed by atoms with van der Waals surface area (Å²) in [7, 11) is 0. The van der Waals surface area contributed by atoms with Gasteiger partial charge in [0.15, 0.2) is 4.34 Å². The molecule has 1 aliphatic heterocycles. The average molecular weight is 229 g/mol. The van der Waals surface area contributed by atoms with Crippen molar-refractivity contribution in [3.63, 3.8) is 0 Å². The van der Waals surface area contributed by atoms with Crippen molar-refractivity contribution in [2.45, 2.75) is 36.6 Å². The molecule has 0 unspecified atom stereocenters. The van der Waals surface area contributed by atoms with E-state index in [1.807, 2.05) is 11.8 Å². The van der Waals surface area contributed by atoms with E-state index in [2.05, 4.69) is 21.6 Å². The number of aromatic nitrogens is 2. The molecule has 1 aliphatic rings. The second-order valence-electron chi connectivity index (χ2n) is 3.43. The number of aryl methyl sites for hydroxylation is 1. The third-order valence-electron chi connectivity index (χ3n) is 2.34. The van der Waals surface area contributed by atoms with Crippen LogP contribution in [0.1, 0.15) is 25.6 Å². The lowest BCUT2D eigenvalue weighted by Gasteiger charge is -2.06. The standard InChI is InChI=1S/C9H15N3S2/c1-2-8-11-9(14-12-8)13-6-7-4-3-5-10-7/h7,10H,2-6H2,1H3/t7-/m0/s1. The van der Waals surface area contributed by atoms with Crippen LogP contribution in [0.25, 0.3) is 0 Å². The Bertz CT molecular complexity index is 281. The fourth-order valence-electron chi connectivity index (χ4n) is 1.51. The predicted octanol–water partition coefficient (Wildman–Crippen LogP) is 1.94. The largest absolute Gasteiger partial charge is 0.313 e. The lowest BCUT2D eigenvalue weighted by molar-refractivity contribution is 0.674. The Hall–Kier alpha value is -0.130. The van der Waals surface area contributed by atoms with Gasteiger partial charge in [0, 0.05) is 18.2 Å². The zero-order chi connectivity index (χ0) is 9.80. The summed E-state index contributed by atoms with van der Waals surface area (Å²) in [6, 6.07) is 0.689. The molecule has 14 heavy (non-hydrogen) atoms. The first-order chi connectivity index (χ1) is 6.88. The van der Waals surface area contributed by atoms with E-state index < -0.39 is 0 Å². The Morgan fingerprint density at radius 1 is 1.64 bits per heavy atom. The summed E-state index contributed by atoms with van der Waals surface area (Å²) in [4.78, 5) is 4.43. The van der Waals surface area contributed by atoms with E-state index in [0.717, 1.165) is 22.3 Å². The van der Waals surface area contributed by atoms with Gasteiger partial charge < -0.3 is 5.32 Å². The topological polar surface area (TPSA) is 37.8 Å². The van der Waals surface area contributed by atoms with Crippen LogP contribution in [0.3, 0.4) is 0 Å². The smallest absolute Gasteiger partial charge is 0.170 e. The van der Waals surface area contributed by atoms with Crippen LogP contribution in [0.15, 0.2) is 4.34 Å². The first kappa shape index (κ1) is 10.4. The molecule has 0 aromatic carbocycles. The van der Waals surface area contributed by atoms with Gasteiger partial charge in [-0.05, 0) is 30.9 Å². The molecule has 1 aromatic heterocycles. The molecule has 1 saturated heterocycles. The molecule has 1 fully saturated rings. The van der Waals surface area contributed by atoms with Gasteiger partial charge in [-0.1, -0.05) is 18.7 Å². The van der Waals surface area contributed by atoms with Crippen molar-refractivity contribution < 1.29 is 0 Å². The van der Waals surface area contributed by atoms with Crippen molar-refractivity contribution in [1.82, 2.24) is 14.7 Å². The van der Waals surface area contributed by atoms with E-state index in [0.29, 0.717) is 6.04 Å². The van der Waals surface area contributed by atoms with Gasteiger partial charge in [0.1, 0.15) is 5.82 Å². The minimum absolute atomic E-state index is 0.689. The van der Waals surface area contributed by atoms with Crippen LogP contribution in [-0.2, 0) is 6.42 Å². The summed E-state index contributed by atoms with van der Waals surface area (Å²) >= 11 is 3.37. The van der Waals surface area contributed by atoms with Crippen molar-refractivity contribution in [3.05, 3.63) is 5.82 Å². The Labute approximate surface area is 92.9 Å². The Morgan fingerprint density at radius 2 is 2.57 bits per heavy atom. The summed E-state index contributed by atoms with van der Waals surface area (Å²) < 4.78 is 5.39. The van der Waals surface area contributed by atoms with E-state index in [-0.39, 0.29) is 0 Å². The van der Waals surface area contributed by atoms with Crippen LogP contribution >= 0.6 is 23.3 Å². The van der Waals surface area contributed by atoms with E-state index in [4.69, 9.17) is 0 Å². The molecule has 1 N–H and O–H groups in total. The first-order valence-electron chi connectivity index (χ1n) is 5.07. The van der Waals surface area contributed by atoms with Crippen LogP contribution < -0.4 is 5.32 Å². The van der Waals surface area contributed by atoms with Crippen molar-refractivity contribution in [3.8, 4) is 0 Å². The SMILES string of the molecule is CCc1nsc(SC[C@@H]2CCCN2)n1. The molecule has 0 spiro atoms. The zero-order valence-electron chi connectivity index (χ0n) is 8.32. The second-order valence-corrected chi connectivity index (χ2v) is 5.45. The number of thioether (sulfide) groups is 1. The molecule has 0 saturated carbocycles. The van der Waals surface area contributed by atoms with Crippen LogP contribution in [0.5, 0.6) is 0 Å². The van der Waals surface area contributed by atoms with Crippen LogP contribution in [0.2, 0.25) is 0 Å². The molecule has 0 radical (unpaired) electrons. The van der Waals surface area contributed by atoms with Gasteiger partial charge in [0.2, 0.25) is 0 Å². The minimum Gasteiger partial charge on any atom is -0.313 e. The Morgan fingerprint density at radius 3 is 3.21 bits per heavy atom. The van der Waals surface area contributed by atoms with Crippen LogP contribution in [-0.4, -0.2) is 27.7 Å². The zero-order valence-corrected chi connectivity index (χ0v) is 9.96. The van der Waals surface area contributed by atoms with E-state index in [1.165, 1.54) is 30.9 Å². The lowest BCUT2D eigenvalue weighted by Crippen LogP contribution is -2.23. The molecule has 1 aromatic rings. The van der Waals surface area contributed by atoms with Gasteiger partial charge in [-0.3, -0.25) is 0 Å². The molecule has 0 bridgehead atoms. The fourth-order valence-corrected chi connectivity index (χ4v) is 3.34. The third kappa shape index (κ3) is 2.68. The summed E-state index contributed by atoms with van der Waals surface area (Å²) in [6.45, 7) is 3.27. The Balaban J connectivity index is 1.79. The van der Waals surface area contributed by atoms with E-state index >= 15 is 0 Å². The molecule has 0 aliphatic carbocycles. The normalized spacial score (nSPS) is 21.6. The predicted molar refractivity (Wildman–Crippen MR) is 61.0 cm³/mol.